The van der Waals surface area contributed by atoms with Gasteiger partial charge in [0, 0.05) is 25.2 Å². The molecule has 7 nitrogen and oxygen atoms in total. The van der Waals surface area contributed by atoms with Crippen LogP contribution in [0.5, 0.6) is 5.75 Å². The number of hydrogen-bond donors (Lipinski definition) is 0. The lowest BCUT2D eigenvalue weighted by molar-refractivity contribution is -0.128. The topological polar surface area (TPSA) is 71.7 Å². The van der Waals surface area contributed by atoms with Gasteiger partial charge in [0.25, 0.3) is 5.22 Å². The van der Waals surface area contributed by atoms with Gasteiger partial charge in [0.05, 0.1) is 12.9 Å². The highest BCUT2D eigenvalue weighted by Gasteiger charge is 2.20. The minimum absolute atomic E-state index is 0.121. The van der Waals surface area contributed by atoms with Gasteiger partial charge in [0.15, 0.2) is 0 Å². The third kappa shape index (κ3) is 6.82. The summed E-state index contributed by atoms with van der Waals surface area (Å²) in [5, 5.41) is 8.58. The molecule has 0 spiro atoms. The molecular formula is C25H30N4O3S. The van der Waals surface area contributed by atoms with Crippen molar-refractivity contribution in [2.75, 3.05) is 45.6 Å². The fourth-order valence-electron chi connectivity index (χ4n) is 3.93. The standard InChI is InChI=1S/C25H30N4O3S/c1-31-22-12-10-21(11-13-22)24-26-27-25(32-24)33-19-23(30)29-16-6-15-28(17-18-29)14-5-9-20-7-3-2-4-8-20/h2-4,7-8,10-13H,5-6,9,14-19H2,1H3. The molecule has 1 aliphatic rings. The number of amides is 1. The molecule has 0 bridgehead atoms. The first-order valence-corrected chi connectivity index (χ1v) is 12.3. The molecule has 0 radical (unpaired) electrons. The van der Waals surface area contributed by atoms with E-state index in [0.717, 1.165) is 63.3 Å². The largest absolute Gasteiger partial charge is 0.497 e. The number of rotatable bonds is 9. The van der Waals surface area contributed by atoms with E-state index in [1.54, 1.807) is 7.11 Å². The predicted molar refractivity (Wildman–Crippen MR) is 129 cm³/mol. The summed E-state index contributed by atoms with van der Waals surface area (Å²) in [5.74, 6) is 1.63. The van der Waals surface area contributed by atoms with Crippen molar-refractivity contribution in [3.63, 3.8) is 0 Å². The van der Waals surface area contributed by atoms with Crippen LogP contribution in [0, 0.1) is 0 Å². The van der Waals surface area contributed by atoms with E-state index in [1.807, 2.05) is 29.2 Å². The Morgan fingerprint density at radius 3 is 2.64 bits per heavy atom. The van der Waals surface area contributed by atoms with E-state index in [0.29, 0.717) is 16.9 Å². The van der Waals surface area contributed by atoms with Crippen molar-refractivity contribution in [2.45, 2.75) is 24.5 Å². The molecule has 0 atom stereocenters. The summed E-state index contributed by atoms with van der Waals surface area (Å²) in [6.45, 7) is 4.61. The Morgan fingerprint density at radius 1 is 1.03 bits per heavy atom. The van der Waals surface area contributed by atoms with Gasteiger partial charge in [-0.15, -0.1) is 10.2 Å². The first kappa shape index (κ1) is 23.3. The predicted octanol–water partition coefficient (Wildman–Crippen LogP) is 4.00. The number of aromatic nitrogens is 2. The Labute approximate surface area is 199 Å². The monoisotopic (exact) mass is 466 g/mol. The van der Waals surface area contributed by atoms with E-state index < -0.39 is 0 Å². The molecule has 0 N–H and O–H groups in total. The first-order chi connectivity index (χ1) is 16.2. The van der Waals surface area contributed by atoms with Gasteiger partial charge in [0.2, 0.25) is 11.8 Å². The van der Waals surface area contributed by atoms with E-state index in [-0.39, 0.29) is 5.91 Å². The van der Waals surface area contributed by atoms with Crippen molar-refractivity contribution in [1.82, 2.24) is 20.0 Å². The fraction of sp³-hybridized carbons (Fsp3) is 0.400. The van der Waals surface area contributed by atoms with Crippen LogP contribution in [-0.2, 0) is 11.2 Å². The Bertz CT molecular complexity index is 1010. The van der Waals surface area contributed by atoms with Gasteiger partial charge in [0.1, 0.15) is 5.75 Å². The molecule has 174 valence electrons. The highest BCUT2D eigenvalue weighted by Crippen LogP contribution is 2.25. The Morgan fingerprint density at radius 2 is 1.85 bits per heavy atom. The van der Waals surface area contributed by atoms with Crippen LogP contribution in [0.1, 0.15) is 18.4 Å². The Balaban J connectivity index is 1.20. The zero-order valence-electron chi connectivity index (χ0n) is 19.0. The van der Waals surface area contributed by atoms with Gasteiger partial charge in [-0.25, -0.2) is 0 Å². The van der Waals surface area contributed by atoms with Gasteiger partial charge >= 0.3 is 0 Å². The number of carbonyl (C=O) groups excluding carboxylic acids is 1. The maximum Gasteiger partial charge on any atom is 0.277 e. The molecule has 1 saturated heterocycles. The second-order valence-electron chi connectivity index (χ2n) is 8.06. The molecule has 3 aromatic rings. The number of methoxy groups -OCH3 is 1. The second-order valence-corrected chi connectivity index (χ2v) is 8.98. The van der Waals surface area contributed by atoms with Gasteiger partial charge in [-0.3, -0.25) is 4.79 Å². The number of nitrogens with zero attached hydrogens (tertiary/aromatic N) is 4. The van der Waals surface area contributed by atoms with Crippen LogP contribution in [0.25, 0.3) is 11.5 Å². The van der Waals surface area contributed by atoms with Crippen LogP contribution in [-0.4, -0.2) is 71.5 Å². The van der Waals surface area contributed by atoms with Crippen molar-refractivity contribution in [3.8, 4) is 17.2 Å². The molecule has 1 amide bonds. The van der Waals surface area contributed by atoms with Gasteiger partial charge < -0.3 is 19.0 Å². The summed E-state index contributed by atoms with van der Waals surface area (Å²) in [4.78, 5) is 17.2. The number of carbonyl (C=O) groups is 1. The second kappa shape index (κ2) is 11.9. The molecular weight excluding hydrogens is 436 g/mol. The van der Waals surface area contributed by atoms with Crippen molar-refractivity contribution in [2.24, 2.45) is 0 Å². The molecule has 0 saturated carbocycles. The van der Waals surface area contributed by atoms with Crippen LogP contribution in [0.4, 0.5) is 0 Å². The highest BCUT2D eigenvalue weighted by atomic mass is 32.2. The maximum atomic E-state index is 12.8. The number of aryl methyl sites for hydroxylation is 1. The van der Waals surface area contributed by atoms with E-state index in [9.17, 15) is 4.79 Å². The lowest BCUT2D eigenvalue weighted by Crippen LogP contribution is -2.36. The molecule has 33 heavy (non-hydrogen) atoms. The van der Waals surface area contributed by atoms with Gasteiger partial charge in [-0.2, -0.15) is 0 Å². The van der Waals surface area contributed by atoms with Crippen LogP contribution in [0.3, 0.4) is 0 Å². The molecule has 8 heteroatoms. The van der Waals surface area contributed by atoms with E-state index in [2.05, 4.69) is 45.4 Å². The third-order valence-corrected chi connectivity index (χ3v) is 6.59. The Kier molecular flexibility index (Phi) is 8.38. The average molecular weight is 467 g/mol. The zero-order valence-corrected chi connectivity index (χ0v) is 19.8. The molecule has 1 aromatic heterocycles. The number of thioether (sulfide) groups is 1. The smallest absolute Gasteiger partial charge is 0.277 e. The quantitative estimate of drug-likeness (QED) is 0.441. The van der Waals surface area contributed by atoms with E-state index in [4.69, 9.17) is 9.15 Å². The molecule has 2 heterocycles. The van der Waals surface area contributed by atoms with Crippen LogP contribution in [0.15, 0.2) is 64.2 Å². The average Bonchev–Trinajstić information content (AvgIpc) is 3.21. The van der Waals surface area contributed by atoms with Crippen molar-refractivity contribution >= 4 is 17.7 Å². The first-order valence-electron chi connectivity index (χ1n) is 11.4. The summed E-state index contributed by atoms with van der Waals surface area (Å²) in [6, 6.07) is 18.0. The zero-order chi connectivity index (χ0) is 22.9. The van der Waals surface area contributed by atoms with Crippen LogP contribution in [0.2, 0.25) is 0 Å². The van der Waals surface area contributed by atoms with Crippen LogP contribution < -0.4 is 4.74 Å². The van der Waals surface area contributed by atoms with Gasteiger partial charge in [-0.05, 0) is 62.2 Å². The lowest BCUT2D eigenvalue weighted by Gasteiger charge is -2.21. The van der Waals surface area contributed by atoms with Crippen LogP contribution >= 0.6 is 11.8 Å². The summed E-state index contributed by atoms with van der Waals surface area (Å²) < 4.78 is 10.9. The normalized spacial score (nSPS) is 14.8. The highest BCUT2D eigenvalue weighted by molar-refractivity contribution is 7.99. The number of benzene rings is 2. The fourth-order valence-corrected chi connectivity index (χ4v) is 4.59. The minimum atomic E-state index is 0.121. The summed E-state index contributed by atoms with van der Waals surface area (Å²) in [6.07, 6.45) is 3.24. The summed E-state index contributed by atoms with van der Waals surface area (Å²) in [5.41, 5.74) is 2.21. The Hall–Kier alpha value is -2.84. The summed E-state index contributed by atoms with van der Waals surface area (Å²) >= 11 is 1.29. The summed E-state index contributed by atoms with van der Waals surface area (Å²) in [7, 11) is 1.63. The van der Waals surface area contributed by atoms with Gasteiger partial charge in [-0.1, -0.05) is 42.1 Å². The molecule has 1 aliphatic heterocycles. The van der Waals surface area contributed by atoms with Crippen molar-refractivity contribution in [3.05, 3.63) is 60.2 Å². The molecule has 0 aliphatic carbocycles. The third-order valence-electron chi connectivity index (χ3n) is 5.79. The molecule has 0 unspecified atom stereocenters. The lowest BCUT2D eigenvalue weighted by atomic mass is 10.1. The van der Waals surface area contributed by atoms with Crippen molar-refractivity contribution in [1.29, 1.82) is 0 Å². The van der Waals surface area contributed by atoms with E-state index in [1.165, 1.54) is 17.3 Å². The minimum Gasteiger partial charge on any atom is -0.497 e. The maximum absolute atomic E-state index is 12.8. The van der Waals surface area contributed by atoms with Crippen molar-refractivity contribution < 1.29 is 13.9 Å². The molecule has 1 fully saturated rings. The SMILES string of the molecule is COc1ccc(-c2nnc(SCC(=O)N3CCCN(CCCc4ccccc4)CC3)o2)cc1. The molecule has 4 rings (SSSR count). The molecule has 2 aromatic carbocycles. The number of hydrogen-bond acceptors (Lipinski definition) is 7. The number of ether oxygens (including phenoxy) is 1. The van der Waals surface area contributed by atoms with E-state index >= 15 is 0 Å².